The van der Waals surface area contributed by atoms with Crippen molar-refractivity contribution in [3.05, 3.63) is 12.2 Å². The zero-order valence-corrected chi connectivity index (χ0v) is 11.7. The predicted molar refractivity (Wildman–Crippen MR) is 75.3 cm³/mol. The smallest absolute Gasteiger partial charge is 0.0612 e. The van der Waals surface area contributed by atoms with Crippen LogP contribution in [0.2, 0.25) is 0 Å². The highest BCUT2D eigenvalue weighted by Crippen LogP contribution is 2.21. The van der Waals surface area contributed by atoms with Crippen molar-refractivity contribution >= 4 is 0 Å². The van der Waals surface area contributed by atoms with Crippen molar-refractivity contribution in [1.29, 1.82) is 0 Å². The highest BCUT2D eigenvalue weighted by molar-refractivity contribution is 4.97. The van der Waals surface area contributed by atoms with Crippen LogP contribution in [-0.2, 0) is 4.74 Å². The van der Waals surface area contributed by atoms with Crippen LogP contribution < -0.4 is 0 Å². The van der Waals surface area contributed by atoms with Crippen LogP contribution in [0.25, 0.3) is 0 Å². The average Bonchev–Trinajstić information content (AvgIpc) is 2.52. The first-order chi connectivity index (χ1) is 8.33. The van der Waals surface area contributed by atoms with E-state index in [2.05, 4.69) is 13.5 Å². The van der Waals surface area contributed by atoms with Gasteiger partial charge in [-0.05, 0) is 25.7 Å². The summed E-state index contributed by atoms with van der Waals surface area (Å²) < 4.78 is 5.86. The molecule has 1 atom stereocenters. The van der Waals surface area contributed by atoms with E-state index < -0.39 is 0 Å². The van der Waals surface area contributed by atoms with Crippen molar-refractivity contribution < 1.29 is 4.74 Å². The molecule has 1 fully saturated rings. The van der Waals surface area contributed by atoms with Gasteiger partial charge in [0.2, 0.25) is 0 Å². The molecule has 0 aliphatic carbocycles. The molecule has 0 amide bonds. The summed E-state index contributed by atoms with van der Waals surface area (Å²) in [5, 5.41) is 0. The van der Waals surface area contributed by atoms with Crippen LogP contribution in [0.3, 0.4) is 0 Å². The lowest BCUT2D eigenvalue weighted by Crippen LogP contribution is -2.11. The third kappa shape index (κ3) is 7.59. The highest BCUT2D eigenvalue weighted by atomic mass is 16.5. The maximum absolute atomic E-state index is 5.86. The fraction of sp³-hybridized carbons (Fsp3) is 0.875. The first-order valence-corrected chi connectivity index (χ1v) is 7.61. The molecule has 1 nitrogen and oxygen atoms in total. The van der Waals surface area contributed by atoms with Crippen molar-refractivity contribution in [2.45, 2.75) is 83.7 Å². The van der Waals surface area contributed by atoms with Crippen LogP contribution in [0.15, 0.2) is 12.2 Å². The first-order valence-electron chi connectivity index (χ1n) is 7.61. The zero-order chi connectivity index (χ0) is 12.3. The summed E-state index contributed by atoms with van der Waals surface area (Å²) in [6, 6.07) is 0. The summed E-state index contributed by atoms with van der Waals surface area (Å²) in [5.74, 6) is 0. The number of unbranched alkanes of at least 4 members (excludes halogenated alkanes) is 6. The van der Waals surface area contributed by atoms with Gasteiger partial charge >= 0.3 is 0 Å². The second-order valence-electron chi connectivity index (χ2n) is 5.46. The van der Waals surface area contributed by atoms with Gasteiger partial charge in [-0.3, -0.25) is 0 Å². The highest BCUT2D eigenvalue weighted by Gasteiger charge is 2.13. The normalized spacial score (nSPS) is 21.5. The molecule has 1 aliphatic heterocycles. The lowest BCUT2D eigenvalue weighted by atomic mass is 10.0. The van der Waals surface area contributed by atoms with E-state index in [1.807, 2.05) is 0 Å². The van der Waals surface area contributed by atoms with Gasteiger partial charge in [0.1, 0.15) is 0 Å². The van der Waals surface area contributed by atoms with E-state index in [4.69, 9.17) is 4.74 Å². The standard InChI is InChI=1S/C16H30O/c1-3-4-5-6-7-8-9-12-16-14-15(2)11-10-13-17-16/h16H,2-14H2,1H3. The lowest BCUT2D eigenvalue weighted by Gasteiger charge is -2.15. The van der Waals surface area contributed by atoms with Gasteiger partial charge in [0.25, 0.3) is 0 Å². The molecule has 0 spiro atoms. The molecular weight excluding hydrogens is 208 g/mol. The largest absolute Gasteiger partial charge is 0.378 e. The summed E-state index contributed by atoms with van der Waals surface area (Å²) in [5.41, 5.74) is 1.40. The Labute approximate surface area is 108 Å². The monoisotopic (exact) mass is 238 g/mol. The molecule has 100 valence electrons. The van der Waals surface area contributed by atoms with Crippen molar-refractivity contribution in [2.24, 2.45) is 0 Å². The molecule has 1 unspecified atom stereocenters. The van der Waals surface area contributed by atoms with Crippen molar-refractivity contribution in [3.8, 4) is 0 Å². The Morgan fingerprint density at radius 3 is 2.59 bits per heavy atom. The van der Waals surface area contributed by atoms with Gasteiger partial charge in [0, 0.05) is 6.61 Å². The van der Waals surface area contributed by atoms with Gasteiger partial charge in [-0.1, -0.05) is 64.0 Å². The Morgan fingerprint density at radius 2 is 1.82 bits per heavy atom. The SMILES string of the molecule is C=C1CCCOC(CCCCCCCCC)C1. The summed E-state index contributed by atoms with van der Waals surface area (Å²) in [4.78, 5) is 0. The van der Waals surface area contributed by atoms with Gasteiger partial charge in [0.05, 0.1) is 6.10 Å². The Morgan fingerprint density at radius 1 is 1.12 bits per heavy atom. The van der Waals surface area contributed by atoms with Gasteiger partial charge in [-0.15, -0.1) is 0 Å². The molecule has 1 rings (SSSR count). The van der Waals surface area contributed by atoms with Crippen LogP contribution in [0.4, 0.5) is 0 Å². The Bertz CT molecular complexity index is 198. The van der Waals surface area contributed by atoms with Gasteiger partial charge in [-0.2, -0.15) is 0 Å². The van der Waals surface area contributed by atoms with E-state index in [1.54, 1.807) is 0 Å². The Kier molecular flexibility index (Phi) is 8.42. The number of ether oxygens (including phenoxy) is 1. The van der Waals surface area contributed by atoms with Crippen molar-refractivity contribution in [1.82, 2.24) is 0 Å². The summed E-state index contributed by atoms with van der Waals surface area (Å²) in [6.07, 6.45) is 14.9. The maximum Gasteiger partial charge on any atom is 0.0612 e. The van der Waals surface area contributed by atoms with E-state index in [9.17, 15) is 0 Å². The van der Waals surface area contributed by atoms with Gasteiger partial charge < -0.3 is 4.74 Å². The molecule has 1 heterocycles. The molecule has 0 saturated carbocycles. The predicted octanol–water partition coefficient (Wildman–Crippen LogP) is 5.25. The number of rotatable bonds is 8. The molecule has 0 aromatic carbocycles. The van der Waals surface area contributed by atoms with Crippen LogP contribution in [0.1, 0.15) is 77.6 Å². The van der Waals surface area contributed by atoms with E-state index in [0.29, 0.717) is 6.10 Å². The topological polar surface area (TPSA) is 9.23 Å². The minimum Gasteiger partial charge on any atom is -0.378 e. The van der Waals surface area contributed by atoms with Crippen molar-refractivity contribution in [3.63, 3.8) is 0 Å². The van der Waals surface area contributed by atoms with E-state index in [0.717, 1.165) is 13.0 Å². The molecule has 1 saturated heterocycles. The second-order valence-corrected chi connectivity index (χ2v) is 5.46. The molecular formula is C16H30O. The van der Waals surface area contributed by atoms with E-state index in [-0.39, 0.29) is 0 Å². The molecule has 17 heavy (non-hydrogen) atoms. The third-order valence-electron chi connectivity index (χ3n) is 3.67. The van der Waals surface area contributed by atoms with Crippen LogP contribution in [-0.4, -0.2) is 12.7 Å². The molecule has 0 N–H and O–H groups in total. The first kappa shape index (κ1) is 14.8. The summed E-state index contributed by atoms with van der Waals surface area (Å²) >= 11 is 0. The minimum absolute atomic E-state index is 0.473. The fourth-order valence-electron chi connectivity index (χ4n) is 2.57. The molecule has 0 radical (unpaired) electrons. The third-order valence-corrected chi connectivity index (χ3v) is 3.67. The van der Waals surface area contributed by atoms with E-state index in [1.165, 1.54) is 69.8 Å². The average molecular weight is 238 g/mol. The van der Waals surface area contributed by atoms with Crippen molar-refractivity contribution in [2.75, 3.05) is 6.61 Å². The van der Waals surface area contributed by atoms with E-state index >= 15 is 0 Å². The Balaban J connectivity index is 1.96. The zero-order valence-electron chi connectivity index (χ0n) is 11.7. The number of hydrogen-bond acceptors (Lipinski definition) is 1. The quantitative estimate of drug-likeness (QED) is 0.414. The Hall–Kier alpha value is -0.300. The molecule has 1 heteroatoms. The molecule has 0 aromatic heterocycles. The van der Waals surface area contributed by atoms with Crippen LogP contribution >= 0.6 is 0 Å². The van der Waals surface area contributed by atoms with Gasteiger partial charge in [-0.25, -0.2) is 0 Å². The fourth-order valence-corrected chi connectivity index (χ4v) is 2.57. The second kappa shape index (κ2) is 9.70. The minimum atomic E-state index is 0.473. The van der Waals surface area contributed by atoms with Gasteiger partial charge in [0.15, 0.2) is 0 Å². The summed E-state index contributed by atoms with van der Waals surface area (Å²) in [7, 11) is 0. The molecule has 0 aromatic rings. The van der Waals surface area contributed by atoms with Crippen LogP contribution in [0, 0.1) is 0 Å². The van der Waals surface area contributed by atoms with Crippen LogP contribution in [0.5, 0.6) is 0 Å². The molecule has 0 bridgehead atoms. The molecule has 1 aliphatic rings. The lowest BCUT2D eigenvalue weighted by molar-refractivity contribution is 0.0539. The summed E-state index contributed by atoms with van der Waals surface area (Å²) in [6.45, 7) is 7.34. The number of hydrogen-bond donors (Lipinski definition) is 0. The maximum atomic E-state index is 5.86.